The summed E-state index contributed by atoms with van der Waals surface area (Å²) in [6.07, 6.45) is 2.74. The lowest BCUT2D eigenvalue weighted by Crippen LogP contribution is -2.54. The van der Waals surface area contributed by atoms with Crippen LogP contribution in [0.25, 0.3) is 22.3 Å². The van der Waals surface area contributed by atoms with Crippen LogP contribution >= 0.6 is 0 Å². The molecule has 4 aromatic rings. The Morgan fingerprint density at radius 2 is 1.20 bits per heavy atom. The number of nitrogens with zero attached hydrogens (tertiary/aromatic N) is 3. The predicted molar refractivity (Wildman–Crippen MR) is 384 cm³/mol. The van der Waals surface area contributed by atoms with Crippen molar-refractivity contribution in [3.63, 3.8) is 0 Å². The number of urea groups is 1. The van der Waals surface area contributed by atoms with Gasteiger partial charge in [0.1, 0.15) is 31.1 Å². The zero-order chi connectivity index (χ0) is 77.2. The molecule has 2 aromatic carbocycles. The maximum absolute atomic E-state index is 15.5. The number of amides is 8. The number of alkyl carbamates (subject to hydrolysis) is 1. The number of anilines is 1. The van der Waals surface area contributed by atoms with Gasteiger partial charge in [-0.25, -0.2) is 23.8 Å². The molecule has 108 heavy (non-hydrogen) atoms. The first-order chi connectivity index (χ1) is 52.3. The highest BCUT2D eigenvalue weighted by molar-refractivity contribution is 6.12. The van der Waals surface area contributed by atoms with Gasteiger partial charge in [-0.1, -0.05) is 32.9 Å². The van der Waals surface area contributed by atoms with Gasteiger partial charge >= 0.3 is 18.1 Å². The number of aryl methyl sites for hydroxylation is 1. The molecule has 0 spiro atoms. The van der Waals surface area contributed by atoms with E-state index in [1.807, 2.05) is 0 Å². The molecule has 4 aliphatic rings. The number of fused-ring (bicyclic) bond motifs is 5. The Bertz CT molecular complexity index is 3730. The Morgan fingerprint density at radius 3 is 1.71 bits per heavy atom. The van der Waals surface area contributed by atoms with E-state index in [4.69, 9.17) is 77.0 Å². The Morgan fingerprint density at radius 1 is 0.685 bits per heavy atom. The number of cyclic esters (lactones) is 1. The number of carbonyl (C=O) groups is 8. The quantitative estimate of drug-likeness (QED) is 0.0167. The fraction of sp³-hybridized carbons (Fsp3) is 0.595. The summed E-state index contributed by atoms with van der Waals surface area (Å²) in [7, 11) is 0. The SMILES string of the molecule is CC[C@@]1(O)C(=O)OCc2c1cc1n(c2=O)Cc2c-1nc1cc(F)c(C)c3c1c2[C@@H](NC(=O)OCc1ccc(NC(=O)[C@H](CCCNC(N)=O)NC(=O)[C@@H](NC(=O)CCOCCOCCOCCOCCOCCOCCOCCOCCOCCOCCOCCOCCN2C(=O)C=CC2=O)C(C)C)cc1)CC3. The monoisotopic (exact) mass is 1520 g/mol. The third-order valence-electron chi connectivity index (χ3n) is 18.1. The molecule has 8 rings (SSSR count). The molecule has 8 amide bonds. The highest BCUT2D eigenvalue weighted by Gasteiger charge is 2.46. The summed E-state index contributed by atoms with van der Waals surface area (Å²) in [6.45, 7) is 15.5. The lowest BCUT2D eigenvalue weighted by Gasteiger charge is -2.31. The van der Waals surface area contributed by atoms with E-state index in [0.717, 1.165) is 10.5 Å². The number of pyridine rings is 2. The molecule has 594 valence electrons. The van der Waals surface area contributed by atoms with Gasteiger partial charge in [-0.15, -0.1) is 0 Å². The number of aromatic nitrogens is 2. The molecule has 4 atom stereocenters. The minimum atomic E-state index is -2.05. The Kier molecular flexibility index (Phi) is 35.4. The fourth-order valence-corrected chi connectivity index (χ4v) is 12.3. The summed E-state index contributed by atoms with van der Waals surface area (Å²) in [4.78, 5) is 122. The lowest BCUT2D eigenvalue weighted by atomic mass is 9.81. The summed E-state index contributed by atoms with van der Waals surface area (Å²) in [6, 6.07) is 5.84. The van der Waals surface area contributed by atoms with Gasteiger partial charge in [-0.2, -0.15) is 0 Å². The molecule has 3 aliphatic heterocycles. The van der Waals surface area contributed by atoms with Gasteiger partial charge in [0, 0.05) is 53.4 Å². The van der Waals surface area contributed by atoms with Crippen LogP contribution in [0.15, 0.2) is 53.3 Å². The molecule has 0 radical (unpaired) electrons. The number of carbonyl (C=O) groups excluding carboxylic acids is 8. The predicted octanol–water partition coefficient (Wildman–Crippen LogP) is 2.97. The van der Waals surface area contributed by atoms with Crippen LogP contribution in [0.4, 0.5) is 19.7 Å². The van der Waals surface area contributed by atoms with Crippen molar-refractivity contribution >= 4 is 64.2 Å². The van der Waals surface area contributed by atoms with Crippen LogP contribution in [-0.2, 0) is 127 Å². The van der Waals surface area contributed by atoms with Gasteiger partial charge in [-0.05, 0) is 85.4 Å². The van der Waals surface area contributed by atoms with Gasteiger partial charge < -0.3 is 108 Å². The fourth-order valence-electron chi connectivity index (χ4n) is 12.3. The molecule has 5 heterocycles. The zero-order valence-electron chi connectivity index (χ0n) is 61.8. The van der Waals surface area contributed by atoms with E-state index in [1.165, 1.54) is 22.8 Å². The number of rotatable bonds is 53. The number of imide groups is 1. The molecule has 0 unspecified atom stereocenters. The van der Waals surface area contributed by atoms with Crippen LogP contribution in [0.5, 0.6) is 0 Å². The number of aliphatic hydroxyl groups is 1. The van der Waals surface area contributed by atoms with E-state index >= 15 is 4.39 Å². The van der Waals surface area contributed by atoms with Crippen LogP contribution in [-0.4, -0.2) is 251 Å². The average Bonchev–Trinajstić information content (AvgIpc) is 1.58. The molecule has 0 bridgehead atoms. The number of benzene rings is 2. The van der Waals surface area contributed by atoms with Gasteiger partial charge in [0.2, 0.25) is 17.7 Å². The molecular weight excluding hydrogens is 1420 g/mol. The Balaban J connectivity index is 0.626. The number of hydrogen-bond donors (Lipinski definition) is 7. The van der Waals surface area contributed by atoms with Crippen LogP contribution in [0.2, 0.25) is 0 Å². The van der Waals surface area contributed by atoms with Gasteiger partial charge in [0.25, 0.3) is 17.4 Å². The second-order valence-electron chi connectivity index (χ2n) is 25.9. The van der Waals surface area contributed by atoms with Crippen LogP contribution < -0.4 is 37.9 Å². The maximum atomic E-state index is 15.5. The first kappa shape index (κ1) is 85.1. The third kappa shape index (κ3) is 25.6. The highest BCUT2D eigenvalue weighted by atomic mass is 19.1. The van der Waals surface area contributed by atoms with Crippen molar-refractivity contribution in [2.45, 2.75) is 110 Å². The maximum Gasteiger partial charge on any atom is 0.407 e. The van der Waals surface area contributed by atoms with Crippen LogP contribution in [0.1, 0.15) is 97.9 Å². The minimum Gasteiger partial charge on any atom is -0.458 e. The van der Waals surface area contributed by atoms with Crippen molar-refractivity contribution in [2.75, 3.05) is 177 Å². The normalized spacial score (nSPS) is 16.1. The number of primary amides is 1. The molecule has 0 fully saturated rings. The van der Waals surface area contributed by atoms with E-state index < -0.39 is 70.9 Å². The highest BCUT2D eigenvalue weighted by Crippen LogP contribution is 2.46. The van der Waals surface area contributed by atoms with Crippen molar-refractivity contribution in [3.8, 4) is 11.4 Å². The largest absolute Gasteiger partial charge is 0.458 e. The molecule has 2 aromatic heterocycles. The van der Waals surface area contributed by atoms with Gasteiger partial charge in [0.05, 0.1) is 200 Å². The lowest BCUT2D eigenvalue weighted by molar-refractivity contribution is -0.172. The first-order valence-electron chi connectivity index (χ1n) is 36.5. The molecular formula is C74H102FN9O24. The third-order valence-corrected chi connectivity index (χ3v) is 18.1. The summed E-state index contributed by atoms with van der Waals surface area (Å²) in [5.41, 5.74) is 7.41. The molecule has 1 aliphatic carbocycles. The summed E-state index contributed by atoms with van der Waals surface area (Å²) in [5, 5.41) is 25.9. The number of hydrogen-bond acceptors (Lipinski definition) is 25. The molecule has 8 N–H and O–H groups in total. The van der Waals surface area contributed by atoms with E-state index in [0.29, 0.717) is 195 Å². The second kappa shape index (κ2) is 44.9. The van der Waals surface area contributed by atoms with E-state index in [9.17, 15) is 48.3 Å². The van der Waals surface area contributed by atoms with Crippen molar-refractivity contribution in [1.29, 1.82) is 0 Å². The van der Waals surface area contributed by atoms with Crippen molar-refractivity contribution in [1.82, 2.24) is 35.7 Å². The second-order valence-corrected chi connectivity index (χ2v) is 25.9. The first-order valence-corrected chi connectivity index (χ1v) is 36.5. The van der Waals surface area contributed by atoms with Crippen molar-refractivity contribution in [2.24, 2.45) is 11.7 Å². The number of halogens is 1. The number of nitrogens with one attached hydrogen (secondary N) is 5. The Hall–Kier alpha value is -8.49. The summed E-state index contributed by atoms with van der Waals surface area (Å²) >= 11 is 0. The topological polar surface area (TPSA) is 410 Å². The summed E-state index contributed by atoms with van der Waals surface area (Å²) < 4.78 is 94.1. The van der Waals surface area contributed by atoms with Gasteiger partial charge in [0.15, 0.2) is 5.60 Å². The van der Waals surface area contributed by atoms with Crippen LogP contribution in [0.3, 0.4) is 0 Å². The smallest absolute Gasteiger partial charge is 0.407 e. The molecule has 0 saturated carbocycles. The van der Waals surface area contributed by atoms with Crippen LogP contribution in [0, 0.1) is 18.7 Å². The number of esters is 1. The van der Waals surface area contributed by atoms with E-state index in [1.54, 1.807) is 58.0 Å². The molecule has 34 heteroatoms. The Labute approximate surface area is 625 Å². The summed E-state index contributed by atoms with van der Waals surface area (Å²) in [5.74, 6) is -4.00. The zero-order valence-corrected chi connectivity index (χ0v) is 61.8. The molecule has 0 saturated heterocycles. The van der Waals surface area contributed by atoms with E-state index in [-0.39, 0.29) is 114 Å². The molecule has 33 nitrogen and oxygen atoms in total. The average molecular weight is 1520 g/mol. The van der Waals surface area contributed by atoms with E-state index in [2.05, 4.69) is 26.6 Å². The minimum absolute atomic E-state index is 0.0474. The van der Waals surface area contributed by atoms with Crippen molar-refractivity contribution in [3.05, 3.63) is 104 Å². The standard InChI is InChI=1S/C74H102FN9O24/c1-5-74(94)55-43-60-67-53(45-84(60)70(90)54(55)47-107-71(74)91)65-57(13-12-52-49(4)56(75)44-59(79-67)64(52)65)81-73(93)108-46-50-8-10-51(11-9-50)78-68(88)58(7-6-17-77-72(76)92)80-69(89)66(48(2)3)82-61(85)16-19-95-21-23-97-25-27-99-29-31-101-33-35-103-37-39-105-41-42-106-40-38-104-36-34-102-32-30-100-28-26-98-24-22-96-20-18-83-62(86)14-15-63(83)87/h8-11,14-15,43-44,48,57-58,66,94H,5-7,12-13,16-42,45-47H2,1-4H3,(H,78,88)(H,80,89)(H,81,93)(H,82,85)(H3,76,77,92)/t57-,58-,66-,74-/m0/s1. The number of nitrogens with two attached hydrogens (primary N) is 1. The van der Waals surface area contributed by atoms with Crippen molar-refractivity contribution < 1.29 is 114 Å². The number of ether oxygens (including phenoxy) is 14. The van der Waals surface area contributed by atoms with Gasteiger partial charge in [-0.3, -0.25) is 33.7 Å².